The highest BCUT2D eigenvalue weighted by atomic mass is 35.5. The number of hydrogen-bond acceptors (Lipinski definition) is 2. The van der Waals surface area contributed by atoms with Crippen LogP contribution in [-0.2, 0) is 6.54 Å². The third-order valence-electron chi connectivity index (χ3n) is 2.22. The zero-order chi connectivity index (χ0) is 10.4. The fraction of sp³-hybridized carbons (Fsp3) is 0.455. The summed E-state index contributed by atoms with van der Waals surface area (Å²) in [6.07, 6.45) is 0.935. The zero-order valence-corrected chi connectivity index (χ0v) is 10.3. The predicted molar refractivity (Wildman–Crippen MR) is 66.7 cm³/mol. The van der Waals surface area contributed by atoms with E-state index in [2.05, 4.69) is 12.2 Å². The molecule has 0 amide bonds. The summed E-state index contributed by atoms with van der Waals surface area (Å²) < 4.78 is 0. The van der Waals surface area contributed by atoms with Gasteiger partial charge in [-0.3, -0.25) is 0 Å². The molecule has 0 bridgehead atoms. The van der Waals surface area contributed by atoms with Crippen molar-refractivity contribution in [2.24, 2.45) is 0 Å². The van der Waals surface area contributed by atoms with Crippen LogP contribution >= 0.6 is 24.0 Å². The highest BCUT2D eigenvalue weighted by molar-refractivity contribution is 6.30. The molecule has 1 aromatic carbocycles. The van der Waals surface area contributed by atoms with Crippen LogP contribution < -0.4 is 5.32 Å². The first-order chi connectivity index (χ1) is 6.76. The summed E-state index contributed by atoms with van der Waals surface area (Å²) in [5, 5.41) is 13.0. The Kier molecular flexibility index (Phi) is 7.79. The second-order valence-electron chi connectivity index (χ2n) is 3.30. The van der Waals surface area contributed by atoms with E-state index in [1.807, 2.05) is 24.3 Å². The van der Waals surface area contributed by atoms with E-state index in [1.165, 1.54) is 5.56 Å². The van der Waals surface area contributed by atoms with Gasteiger partial charge >= 0.3 is 0 Å². The maximum atomic E-state index is 8.96. The molecule has 86 valence electrons. The third kappa shape index (κ3) is 5.38. The van der Waals surface area contributed by atoms with Gasteiger partial charge in [0, 0.05) is 17.6 Å². The maximum absolute atomic E-state index is 8.96. The lowest BCUT2D eigenvalue weighted by atomic mass is 10.2. The topological polar surface area (TPSA) is 32.3 Å². The Balaban J connectivity index is 0.00000196. The van der Waals surface area contributed by atoms with Crippen LogP contribution in [0.1, 0.15) is 18.9 Å². The Hall–Kier alpha value is -0.280. The van der Waals surface area contributed by atoms with Gasteiger partial charge in [-0.05, 0) is 24.1 Å². The van der Waals surface area contributed by atoms with Gasteiger partial charge in [0.15, 0.2) is 0 Å². The van der Waals surface area contributed by atoms with Crippen LogP contribution in [0.5, 0.6) is 0 Å². The van der Waals surface area contributed by atoms with Crippen LogP contribution in [0, 0.1) is 0 Å². The Morgan fingerprint density at radius 3 is 2.40 bits per heavy atom. The molecular weight excluding hydrogens is 233 g/mol. The molecule has 0 unspecified atom stereocenters. The number of nitrogens with one attached hydrogen (secondary N) is 1. The Labute approximate surface area is 102 Å². The molecule has 1 aromatic rings. The smallest absolute Gasteiger partial charge is 0.0584 e. The van der Waals surface area contributed by atoms with Crippen molar-refractivity contribution >= 4 is 24.0 Å². The molecule has 0 aliphatic rings. The molecule has 0 radical (unpaired) electrons. The van der Waals surface area contributed by atoms with Crippen LogP contribution in [0.3, 0.4) is 0 Å². The number of halogens is 2. The average Bonchev–Trinajstić information content (AvgIpc) is 2.22. The lowest BCUT2D eigenvalue weighted by Crippen LogP contribution is -2.31. The Bertz CT molecular complexity index is 260. The maximum Gasteiger partial charge on any atom is 0.0584 e. The molecule has 0 fully saturated rings. The Morgan fingerprint density at radius 1 is 1.33 bits per heavy atom. The zero-order valence-electron chi connectivity index (χ0n) is 8.74. The van der Waals surface area contributed by atoms with Gasteiger partial charge in [0.25, 0.3) is 0 Å². The van der Waals surface area contributed by atoms with Crippen molar-refractivity contribution in [3.8, 4) is 0 Å². The van der Waals surface area contributed by atoms with E-state index in [1.54, 1.807) is 0 Å². The summed E-state index contributed by atoms with van der Waals surface area (Å²) in [7, 11) is 0. The van der Waals surface area contributed by atoms with Crippen molar-refractivity contribution in [2.45, 2.75) is 25.9 Å². The van der Waals surface area contributed by atoms with Crippen LogP contribution in [-0.4, -0.2) is 17.8 Å². The summed E-state index contributed by atoms with van der Waals surface area (Å²) in [5.74, 6) is 0. The molecular formula is C11H17Cl2NO. The van der Waals surface area contributed by atoms with Crippen molar-refractivity contribution < 1.29 is 5.11 Å². The molecule has 0 aliphatic heterocycles. The van der Waals surface area contributed by atoms with E-state index in [-0.39, 0.29) is 25.1 Å². The average molecular weight is 250 g/mol. The van der Waals surface area contributed by atoms with Crippen LogP contribution in [0.15, 0.2) is 24.3 Å². The Morgan fingerprint density at radius 2 is 1.93 bits per heavy atom. The van der Waals surface area contributed by atoms with Gasteiger partial charge < -0.3 is 10.4 Å². The van der Waals surface area contributed by atoms with E-state index in [0.29, 0.717) is 0 Å². The van der Waals surface area contributed by atoms with Gasteiger partial charge in [0.1, 0.15) is 0 Å². The minimum atomic E-state index is 0. The fourth-order valence-electron chi connectivity index (χ4n) is 1.20. The second-order valence-corrected chi connectivity index (χ2v) is 3.73. The highest BCUT2D eigenvalue weighted by Crippen LogP contribution is 2.09. The summed E-state index contributed by atoms with van der Waals surface area (Å²) in [6.45, 7) is 3.01. The summed E-state index contributed by atoms with van der Waals surface area (Å²) in [4.78, 5) is 0. The van der Waals surface area contributed by atoms with Crippen molar-refractivity contribution in [2.75, 3.05) is 6.61 Å². The summed E-state index contributed by atoms with van der Waals surface area (Å²) >= 11 is 5.77. The molecule has 0 heterocycles. The van der Waals surface area contributed by atoms with Crippen LogP contribution in [0.4, 0.5) is 0 Å². The SMILES string of the molecule is CC[C@H](CO)NCc1ccc(Cl)cc1.Cl. The summed E-state index contributed by atoms with van der Waals surface area (Å²) in [5.41, 5.74) is 1.18. The van der Waals surface area contributed by atoms with Gasteiger partial charge in [-0.1, -0.05) is 30.7 Å². The lowest BCUT2D eigenvalue weighted by Gasteiger charge is -2.13. The van der Waals surface area contributed by atoms with Gasteiger partial charge in [0.2, 0.25) is 0 Å². The summed E-state index contributed by atoms with van der Waals surface area (Å²) in [6, 6.07) is 7.90. The largest absolute Gasteiger partial charge is 0.395 e. The van der Waals surface area contributed by atoms with E-state index < -0.39 is 0 Å². The van der Waals surface area contributed by atoms with E-state index in [4.69, 9.17) is 16.7 Å². The molecule has 0 spiro atoms. The van der Waals surface area contributed by atoms with E-state index in [0.717, 1.165) is 18.0 Å². The van der Waals surface area contributed by atoms with Crippen molar-refractivity contribution in [3.05, 3.63) is 34.9 Å². The monoisotopic (exact) mass is 249 g/mol. The van der Waals surface area contributed by atoms with E-state index >= 15 is 0 Å². The van der Waals surface area contributed by atoms with Gasteiger partial charge in [0.05, 0.1) is 6.61 Å². The minimum absolute atomic E-state index is 0. The molecule has 2 N–H and O–H groups in total. The number of benzene rings is 1. The quantitative estimate of drug-likeness (QED) is 0.841. The fourth-order valence-corrected chi connectivity index (χ4v) is 1.33. The van der Waals surface area contributed by atoms with Gasteiger partial charge in [-0.15, -0.1) is 12.4 Å². The molecule has 1 atom stereocenters. The molecule has 0 saturated carbocycles. The van der Waals surface area contributed by atoms with Gasteiger partial charge in [-0.25, -0.2) is 0 Å². The van der Waals surface area contributed by atoms with Crippen LogP contribution in [0.25, 0.3) is 0 Å². The number of hydrogen-bond donors (Lipinski definition) is 2. The number of aliphatic hydroxyl groups is 1. The first-order valence-corrected chi connectivity index (χ1v) is 5.22. The molecule has 0 aromatic heterocycles. The highest BCUT2D eigenvalue weighted by Gasteiger charge is 2.02. The molecule has 2 nitrogen and oxygen atoms in total. The predicted octanol–water partition coefficient (Wildman–Crippen LogP) is 2.62. The molecule has 0 saturated heterocycles. The molecule has 4 heteroatoms. The van der Waals surface area contributed by atoms with Crippen molar-refractivity contribution in [1.29, 1.82) is 0 Å². The lowest BCUT2D eigenvalue weighted by molar-refractivity contribution is 0.238. The van der Waals surface area contributed by atoms with Gasteiger partial charge in [-0.2, -0.15) is 0 Å². The molecule has 15 heavy (non-hydrogen) atoms. The normalized spacial score (nSPS) is 11.9. The van der Waals surface area contributed by atoms with E-state index in [9.17, 15) is 0 Å². The van der Waals surface area contributed by atoms with Crippen molar-refractivity contribution in [3.63, 3.8) is 0 Å². The number of aliphatic hydroxyl groups excluding tert-OH is 1. The molecule has 0 aliphatic carbocycles. The minimum Gasteiger partial charge on any atom is -0.395 e. The third-order valence-corrected chi connectivity index (χ3v) is 2.47. The first kappa shape index (κ1) is 14.7. The second kappa shape index (κ2) is 7.94. The number of rotatable bonds is 5. The van der Waals surface area contributed by atoms with Crippen molar-refractivity contribution in [1.82, 2.24) is 5.32 Å². The molecule has 1 rings (SSSR count). The standard InChI is InChI=1S/C11H16ClNO.ClH/c1-2-11(8-14)13-7-9-3-5-10(12)6-4-9;/h3-6,11,13-14H,2,7-8H2,1H3;1H/t11-;/m1./s1. The first-order valence-electron chi connectivity index (χ1n) is 4.85. The van der Waals surface area contributed by atoms with Crippen LogP contribution in [0.2, 0.25) is 5.02 Å².